The molecule has 0 fully saturated rings. The summed E-state index contributed by atoms with van der Waals surface area (Å²) in [5.41, 5.74) is -0.999. The van der Waals surface area contributed by atoms with E-state index in [4.69, 9.17) is 11.6 Å². The smallest absolute Gasteiger partial charge is 0.231 e. The second-order valence-corrected chi connectivity index (χ2v) is 2.12. The maximum atomic E-state index is 11.8. The highest BCUT2D eigenvalue weighted by Crippen LogP contribution is 2.27. The average Bonchev–Trinajstić information content (AvgIpc) is 1.86. The van der Waals surface area contributed by atoms with Crippen LogP contribution in [0.1, 0.15) is 5.69 Å². The first-order valence-corrected chi connectivity index (χ1v) is 2.99. The number of rotatable bonds is 0. The molecule has 1 aromatic rings. The highest BCUT2D eigenvalue weighted by atomic mass is 35.5. The van der Waals surface area contributed by atoms with Gasteiger partial charge in [0.25, 0.3) is 0 Å². The Bertz CT molecular complexity index is 258. The molecule has 0 saturated heterocycles. The molecule has 0 bridgehead atoms. The van der Waals surface area contributed by atoms with E-state index in [-0.39, 0.29) is 5.15 Å². The Morgan fingerprint density at radius 1 is 1.45 bits per heavy atom. The van der Waals surface area contributed by atoms with Crippen LogP contribution in [0, 0.1) is 6.07 Å². The topological polar surface area (TPSA) is 12.9 Å². The molecule has 0 unspecified atom stereocenters. The largest absolute Gasteiger partial charge is 0.433 e. The zero-order valence-electron chi connectivity index (χ0n) is 5.11. The molecule has 0 aliphatic rings. The molecule has 0 saturated carbocycles. The van der Waals surface area contributed by atoms with Gasteiger partial charge in [0.2, 0.25) is 0 Å². The molecular formula is C6H2ClF3N. The zero-order valence-corrected chi connectivity index (χ0v) is 5.87. The van der Waals surface area contributed by atoms with E-state index in [2.05, 4.69) is 11.1 Å². The molecule has 0 spiro atoms. The van der Waals surface area contributed by atoms with Crippen LogP contribution in [0.5, 0.6) is 0 Å². The van der Waals surface area contributed by atoms with E-state index in [0.717, 1.165) is 12.1 Å². The summed E-state index contributed by atoms with van der Waals surface area (Å²) in [5.74, 6) is 0. The van der Waals surface area contributed by atoms with Crippen LogP contribution in [0.25, 0.3) is 0 Å². The lowest BCUT2D eigenvalue weighted by atomic mass is 10.3. The van der Waals surface area contributed by atoms with E-state index in [1.165, 1.54) is 0 Å². The van der Waals surface area contributed by atoms with Crippen LogP contribution in [0.15, 0.2) is 12.1 Å². The van der Waals surface area contributed by atoms with E-state index in [1.807, 2.05) is 0 Å². The third kappa shape index (κ3) is 2.08. The summed E-state index contributed by atoms with van der Waals surface area (Å²) in [4.78, 5) is 3.03. The maximum Gasteiger partial charge on any atom is 0.433 e. The number of hydrogen-bond donors (Lipinski definition) is 0. The molecule has 1 rings (SSSR count). The molecule has 0 amide bonds. The van der Waals surface area contributed by atoms with Gasteiger partial charge in [0.1, 0.15) is 10.8 Å². The van der Waals surface area contributed by atoms with Crippen LogP contribution in [-0.4, -0.2) is 4.98 Å². The minimum atomic E-state index is -4.43. The Kier molecular flexibility index (Phi) is 2.04. The average molecular weight is 181 g/mol. The second kappa shape index (κ2) is 2.70. The van der Waals surface area contributed by atoms with E-state index >= 15 is 0 Å². The van der Waals surface area contributed by atoms with E-state index < -0.39 is 11.9 Å². The molecule has 1 heterocycles. The van der Waals surface area contributed by atoms with Crippen LogP contribution in [-0.2, 0) is 6.18 Å². The van der Waals surface area contributed by atoms with Crippen molar-refractivity contribution in [3.05, 3.63) is 29.0 Å². The van der Waals surface area contributed by atoms with Crippen molar-refractivity contribution in [2.24, 2.45) is 0 Å². The van der Waals surface area contributed by atoms with E-state index in [9.17, 15) is 13.2 Å². The third-order valence-corrected chi connectivity index (χ3v) is 1.15. The summed E-state index contributed by atoms with van der Waals surface area (Å²) < 4.78 is 35.5. The predicted octanol–water partition coefficient (Wildman–Crippen LogP) is 2.55. The SMILES string of the molecule is FC(F)(F)c1cc[c]c(Cl)n1. The Balaban J connectivity index is 3.06. The normalized spacial score (nSPS) is 11.6. The van der Waals surface area contributed by atoms with E-state index in [1.54, 1.807) is 0 Å². The summed E-state index contributed by atoms with van der Waals surface area (Å²) in [6.45, 7) is 0. The number of nitrogens with zero attached hydrogens (tertiary/aromatic N) is 1. The third-order valence-electron chi connectivity index (χ3n) is 0.953. The van der Waals surface area contributed by atoms with Gasteiger partial charge in [-0.25, -0.2) is 4.98 Å². The summed E-state index contributed by atoms with van der Waals surface area (Å²) in [6, 6.07) is 4.19. The van der Waals surface area contributed by atoms with Gasteiger partial charge in [-0.1, -0.05) is 11.6 Å². The summed E-state index contributed by atoms with van der Waals surface area (Å²) in [5, 5.41) is -0.278. The van der Waals surface area contributed by atoms with Gasteiger partial charge >= 0.3 is 6.18 Å². The fourth-order valence-electron chi connectivity index (χ4n) is 0.523. The molecular weight excluding hydrogens is 179 g/mol. The van der Waals surface area contributed by atoms with Crippen LogP contribution >= 0.6 is 11.6 Å². The molecule has 0 atom stereocenters. The van der Waals surface area contributed by atoms with Crippen LogP contribution in [0.4, 0.5) is 13.2 Å². The number of halogens is 4. The summed E-state index contributed by atoms with van der Waals surface area (Å²) in [6.07, 6.45) is -4.43. The van der Waals surface area contributed by atoms with Crippen molar-refractivity contribution < 1.29 is 13.2 Å². The van der Waals surface area contributed by atoms with Crippen LogP contribution < -0.4 is 0 Å². The number of pyridine rings is 1. The van der Waals surface area contributed by atoms with Gasteiger partial charge in [-0.2, -0.15) is 13.2 Å². The molecule has 5 heteroatoms. The standard InChI is InChI=1S/C6H2ClF3N/c7-5-3-1-2-4(11-5)6(8,9)10/h1-2H. The maximum absolute atomic E-state index is 11.8. The molecule has 1 nitrogen and oxygen atoms in total. The summed E-state index contributed by atoms with van der Waals surface area (Å²) in [7, 11) is 0. The first kappa shape index (κ1) is 8.33. The minimum absolute atomic E-state index is 0.278. The van der Waals surface area contributed by atoms with Crippen molar-refractivity contribution in [3.8, 4) is 0 Å². The van der Waals surface area contributed by atoms with Crippen molar-refractivity contribution in [1.29, 1.82) is 0 Å². The fourth-order valence-corrected chi connectivity index (χ4v) is 0.677. The number of alkyl halides is 3. The number of hydrogen-bond acceptors (Lipinski definition) is 1. The lowest BCUT2D eigenvalue weighted by Gasteiger charge is -2.03. The van der Waals surface area contributed by atoms with E-state index in [0.29, 0.717) is 0 Å². The Morgan fingerprint density at radius 3 is 2.45 bits per heavy atom. The highest BCUT2D eigenvalue weighted by Gasteiger charge is 2.32. The van der Waals surface area contributed by atoms with Crippen molar-refractivity contribution in [1.82, 2.24) is 4.98 Å². The first-order valence-electron chi connectivity index (χ1n) is 2.61. The summed E-state index contributed by atoms with van der Waals surface area (Å²) >= 11 is 5.18. The monoisotopic (exact) mass is 180 g/mol. The van der Waals surface area contributed by atoms with Crippen molar-refractivity contribution >= 4 is 11.6 Å². The second-order valence-electron chi connectivity index (χ2n) is 1.76. The molecule has 0 N–H and O–H groups in total. The van der Waals surface area contributed by atoms with Crippen molar-refractivity contribution in [3.63, 3.8) is 0 Å². The molecule has 1 radical (unpaired) electrons. The van der Waals surface area contributed by atoms with Gasteiger partial charge in [-0.05, 0) is 12.1 Å². The Hall–Kier alpha value is -0.770. The van der Waals surface area contributed by atoms with Gasteiger partial charge in [0.05, 0.1) is 0 Å². The molecule has 59 valence electrons. The zero-order chi connectivity index (χ0) is 8.48. The molecule has 0 aliphatic heterocycles. The highest BCUT2D eigenvalue weighted by molar-refractivity contribution is 6.29. The van der Waals surface area contributed by atoms with Gasteiger partial charge in [-0.3, -0.25) is 0 Å². The molecule has 0 aliphatic carbocycles. The first-order chi connectivity index (χ1) is 5.00. The minimum Gasteiger partial charge on any atom is -0.231 e. The molecule has 1 aromatic heterocycles. The lowest BCUT2D eigenvalue weighted by Crippen LogP contribution is -2.07. The van der Waals surface area contributed by atoms with Crippen molar-refractivity contribution in [2.75, 3.05) is 0 Å². The molecule has 0 aromatic carbocycles. The van der Waals surface area contributed by atoms with Gasteiger partial charge in [0, 0.05) is 6.07 Å². The van der Waals surface area contributed by atoms with Crippen LogP contribution in [0.2, 0.25) is 5.15 Å². The number of aromatic nitrogens is 1. The fraction of sp³-hybridized carbons (Fsp3) is 0.167. The lowest BCUT2D eigenvalue weighted by molar-refractivity contribution is -0.141. The molecule has 11 heavy (non-hydrogen) atoms. The van der Waals surface area contributed by atoms with Crippen LogP contribution in [0.3, 0.4) is 0 Å². The van der Waals surface area contributed by atoms with Gasteiger partial charge < -0.3 is 0 Å². The quantitative estimate of drug-likeness (QED) is 0.559. The van der Waals surface area contributed by atoms with Crippen molar-refractivity contribution in [2.45, 2.75) is 6.18 Å². The van der Waals surface area contributed by atoms with Gasteiger partial charge in [0.15, 0.2) is 0 Å². The Morgan fingerprint density at radius 2 is 2.09 bits per heavy atom. The van der Waals surface area contributed by atoms with Gasteiger partial charge in [-0.15, -0.1) is 0 Å². The predicted molar refractivity (Wildman–Crippen MR) is 33.1 cm³/mol. The Labute approximate surface area is 65.8 Å².